The molecule has 120 valence electrons. The van der Waals surface area contributed by atoms with E-state index in [0.717, 1.165) is 12.1 Å². The second-order valence-corrected chi connectivity index (χ2v) is 5.54. The van der Waals surface area contributed by atoms with Crippen molar-refractivity contribution in [2.75, 3.05) is 0 Å². The third-order valence-corrected chi connectivity index (χ3v) is 4.09. The van der Waals surface area contributed by atoms with Crippen LogP contribution in [0.25, 0.3) is 22.5 Å². The van der Waals surface area contributed by atoms with Crippen LogP contribution in [0, 0.1) is 0 Å². The van der Waals surface area contributed by atoms with Gasteiger partial charge < -0.3 is 0 Å². The van der Waals surface area contributed by atoms with Crippen LogP contribution < -0.4 is 5.56 Å². The van der Waals surface area contributed by atoms with Gasteiger partial charge in [-0.15, -0.1) is 15.3 Å². The highest BCUT2D eigenvalue weighted by atomic mass is 16.1. The molecule has 3 aromatic heterocycles. The highest BCUT2D eigenvalue weighted by Crippen LogP contribution is 2.12. The summed E-state index contributed by atoms with van der Waals surface area (Å²) in [5, 5.41) is 12.5. The van der Waals surface area contributed by atoms with Crippen LogP contribution in [0.15, 0.2) is 41.3 Å². The Morgan fingerprint density at radius 2 is 1.79 bits per heavy atom. The first-order valence-electron chi connectivity index (χ1n) is 7.94. The molecular weight excluding hydrogens is 304 g/mol. The van der Waals surface area contributed by atoms with Crippen molar-refractivity contribution in [2.24, 2.45) is 0 Å². The quantitative estimate of drug-likeness (QED) is 0.576. The van der Waals surface area contributed by atoms with Gasteiger partial charge in [0, 0.05) is 18.3 Å². The number of fused-ring (bicyclic) bond motifs is 3. The molecule has 7 nitrogen and oxygen atoms in total. The van der Waals surface area contributed by atoms with Crippen LogP contribution in [0.1, 0.15) is 25.2 Å². The fourth-order valence-corrected chi connectivity index (χ4v) is 2.69. The van der Waals surface area contributed by atoms with Crippen molar-refractivity contribution in [1.29, 1.82) is 0 Å². The summed E-state index contributed by atoms with van der Waals surface area (Å²) in [7, 11) is 0. The van der Waals surface area contributed by atoms with Crippen LogP contribution in [-0.2, 0) is 12.8 Å². The van der Waals surface area contributed by atoms with Crippen molar-refractivity contribution >= 4 is 16.8 Å². The van der Waals surface area contributed by atoms with Gasteiger partial charge in [-0.2, -0.15) is 9.50 Å². The van der Waals surface area contributed by atoms with Gasteiger partial charge in [0.25, 0.3) is 11.3 Å². The van der Waals surface area contributed by atoms with Crippen molar-refractivity contribution in [3.8, 4) is 5.69 Å². The van der Waals surface area contributed by atoms with E-state index in [2.05, 4.69) is 27.2 Å². The third-order valence-electron chi connectivity index (χ3n) is 4.09. The molecule has 7 heteroatoms. The normalized spacial score (nSPS) is 11.4. The van der Waals surface area contributed by atoms with Crippen molar-refractivity contribution in [1.82, 2.24) is 29.4 Å². The molecule has 0 N–H and O–H groups in total. The lowest BCUT2D eigenvalue weighted by Crippen LogP contribution is -2.20. The Morgan fingerprint density at radius 3 is 2.50 bits per heavy atom. The van der Waals surface area contributed by atoms with Crippen molar-refractivity contribution < 1.29 is 0 Å². The van der Waals surface area contributed by atoms with E-state index in [-0.39, 0.29) is 11.1 Å². The molecule has 0 unspecified atom stereocenters. The first kappa shape index (κ1) is 14.5. The van der Waals surface area contributed by atoms with E-state index in [1.165, 1.54) is 5.56 Å². The molecule has 4 aromatic rings. The van der Waals surface area contributed by atoms with Gasteiger partial charge in [0.2, 0.25) is 0 Å². The summed E-state index contributed by atoms with van der Waals surface area (Å²) in [6, 6.07) is 9.73. The highest BCUT2D eigenvalue weighted by molar-refractivity contribution is 5.74. The molecule has 0 radical (unpaired) electrons. The number of aromatic nitrogens is 6. The first-order valence-corrected chi connectivity index (χ1v) is 7.94. The number of hydrogen-bond acceptors (Lipinski definition) is 5. The average Bonchev–Trinajstić information content (AvgIpc) is 3.06. The Balaban J connectivity index is 1.94. The average molecular weight is 320 g/mol. The Morgan fingerprint density at radius 1 is 1.00 bits per heavy atom. The van der Waals surface area contributed by atoms with E-state index < -0.39 is 0 Å². The summed E-state index contributed by atoms with van der Waals surface area (Å²) in [6.07, 6.45) is 3.40. The molecule has 3 heterocycles. The largest absolute Gasteiger partial charge is 0.285 e. The van der Waals surface area contributed by atoms with Crippen molar-refractivity contribution in [3.05, 3.63) is 58.3 Å². The van der Waals surface area contributed by atoms with Gasteiger partial charge in [0.15, 0.2) is 11.3 Å². The molecule has 0 amide bonds. The minimum Gasteiger partial charge on any atom is -0.282 e. The molecule has 4 rings (SSSR count). The number of aryl methyl sites for hydroxylation is 2. The summed E-state index contributed by atoms with van der Waals surface area (Å²) in [4.78, 5) is 17.1. The van der Waals surface area contributed by atoms with E-state index in [4.69, 9.17) is 0 Å². The lowest BCUT2D eigenvalue weighted by Gasteiger charge is -2.07. The Labute approximate surface area is 137 Å². The Hall–Kier alpha value is -3.09. The van der Waals surface area contributed by atoms with Crippen LogP contribution in [0.3, 0.4) is 0 Å². The molecule has 0 fully saturated rings. The first-order chi connectivity index (χ1) is 11.7. The topological polar surface area (TPSA) is 78.0 Å². The van der Waals surface area contributed by atoms with E-state index in [1.807, 2.05) is 37.3 Å². The number of rotatable bonds is 3. The lowest BCUT2D eigenvalue weighted by molar-refractivity contribution is 0.883. The van der Waals surface area contributed by atoms with E-state index in [9.17, 15) is 4.79 Å². The summed E-state index contributed by atoms with van der Waals surface area (Å²) < 4.78 is 3.15. The summed E-state index contributed by atoms with van der Waals surface area (Å²) in [6.45, 7) is 4.07. The van der Waals surface area contributed by atoms with Crippen molar-refractivity contribution in [3.63, 3.8) is 0 Å². The molecule has 0 aliphatic carbocycles. The highest BCUT2D eigenvalue weighted by Gasteiger charge is 2.12. The van der Waals surface area contributed by atoms with Crippen LogP contribution in [-0.4, -0.2) is 29.4 Å². The molecule has 0 aliphatic rings. The van der Waals surface area contributed by atoms with Gasteiger partial charge in [-0.05, 0) is 30.2 Å². The van der Waals surface area contributed by atoms with E-state index >= 15 is 0 Å². The number of benzene rings is 1. The molecule has 0 saturated heterocycles. The van der Waals surface area contributed by atoms with Gasteiger partial charge in [0.1, 0.15) is 5.52 Å². The summed E-state index contributed by atoms with van der Waals surface area (Å²) >= 11 is 0. The zero-order valence-corrected chi connectivity index (χ0v) is 13.5. The van der Waals surface area contributed by atoms with Crippen LogP contribution in [0.5, 0.6) is 0 Å². The predicted molar refractivity (Wildman–Crippen MR) is 90.4 cm³/mol. The van der Waals surface area contributed by atoms with Gasteiger partial charge in [-0.1, -0.05) is 26.0 Å². The number of nitrogens with zero attached hydrogens (tertiary/aromatic N) is 6. The zero-order valence-electron chi connectivity index (χ0n) is 13.5. The lowest BCUT2D eigenvalue weighted by atomic mass is 10.1. The summed E-state index contributed by atoms with van der Waals surface area (Å²) in [5.41, 5.74) is 2.69. The van der Waals surface area contributed by atoms with Gasteiger partial charge in [0.05, 0.1) is 0 Å². The molecular formula is C17H16N6O. The maximum Gasteiger partial charge on any atom is 0.285 e. The number of hydrogen-bond donors (Lipinski definition) is 0. The molecule has 0 saturated carbocycles. The maximum atomic E-state index is 12.8. The maximum absolute atomic E-state index is 12.8. The fraction of sp³-hybridized carbons (Fsp3) is 0.235. The predicted octanol–water partition coefficient (Wildman–Crippen LogP) is 1.95. The second kappa shape index (κ2) is 5.52. The summed E-state index contributed by atoms with van der Waals surface area (Å²) in [5.74, 6) is 1.08. The zero-order chi connectivity index (χ0) is 16.7. The monoisotopic (exact) mass is 320 g/mol. The number of pyridine rings is 1. The minimum absolute atomic E-state index is 0.223. The van der Waals surface area contributed by atoms with Gasteiger partial charge in [-0.25, -0.2) is 0 Å². The smallest absolute Gasteiger partial charge is 0.282 e. The fourth-order valence-electron chi connectivity index (χ4n) is 2.69. The van der Waals surface area contributed by atoms with Crippen LogP contribution in [0.2, 0.25) is 0 Å². The van der Waals surface area contributed by atoms with Gasteiger partial charge in [-0.3, -0.25) is 9.36 Å². The van der Waals surface area contributed by atoms with Crippen LogP contribution in [0.4, 0.5) is 0 Å². The second-order valence-electron chi connectivity index (χ2n) is 5.54. The van der Waals surface area contributed by atoms with E-state index in [0.29, 0.717) is 23.5 Å². The van der Waals surface area contributed by atoms with Crippen LogP contribution >= 0.6 is 0 Å². The molecule has 0 bridgehead atoms. The standard InChI is InChI=1S/C17H16N6O/c1-3-11-5-7-12(8-6-11)22-10-9-13-15(16(22)24)19-20-17-18-14(4-2)21-23(13)17/h5-10H,3-4H2,1-2H3. The van der Waals surface area contributed by atoms with Crippen molar-refractivity contribution in [2.45, 2.75) is 26.7 Å². The Kier molecular flexibility index (Phi) is 3.34. The molecule has 0 aliphatic heterocycles. The molecule has 0 atom stereocenters. The van der Waals surface area contributed by atoms with E-state index in [1.54, 1.807) is 15.3 Å². The Bertz CT molecular complexity index is 1090. The molecule has 0 spiro atoms. The molecule has 24 heavy (non-hydrogen) atoms. The minimum atomic E-state index is -0.223. The van der Waals surface area contributed by atoms with Gasteiger partial charge >= 0.3 is 0 Å². The SMILES string of the molecule is CCc1ccc(-n2ccc3c(nnc4nc(CC)nn43)c2=O)cc1. The third kappa shape index (κ3) is 2.17. The molecule has 1 aromatic carbocycles.